The molecule has 1 aliphatic rings. The van der Waals surface area contributed by atoms with Crippen LogP contribution >= 0.6 is 24.0 Å². The molecular weight excluding hydrogens is 459 g/mol. The maximum Gasteiger partial charge on any atom is 0.239 e. The first-order valence-electron chi connectivity index (χ1n) is 9.22. The van der Waals surface area contributed by atoms with Crippen LogP contribution < -0.4 is 25.4 Å². The summed E-state index contributed by atoms with van der Waals surface area (Å²) in [6, 6.07) is 7.76. The fourth-order valence-electron chi connectivity index (χ4n) is 2.92. The largest absolute Gasteiger partial charge is 0.497 e. The van der Waals surface area contributed by atoms with Crippen LogP contribution in [0.3, 0.4) is 0 Å². The fourth-order valence-corrected chi connectivity index (χ4v) is 2.92. The van der Waals surface area contributed by atoms with Crippen molar-refractivity contribution in [1.82, 2.24) is 16.0 Å². The van der Waals surface area contributed by atoms with Crippen molar-refractivity contribution < 1.29 is 14.3 Å². The van der Waals surface area contributed by atoms with Crippen molar-refractivity contribution in [3.63, 3.8) is 0 Å². The van der Waals surface area contributed by atoms with Crippen molar-refractivity contribution in [1.29, 1.82) is 0 Å². The molecule has 0 heterocycles. The summed E-state index contributed by atoms with van der Waals surface area (Å²) in [6.07, 6.45) is 5.86. The molecule has 0 aromatic heterocycles. The van der Waals surface area contributed by atoms with Gasteiger partial charge < -0.3 is 25.4 Å². The summed E-state index contributed by atoms with van der Waals surface area (Å²) in [5, 5.41) is 9.23. The normalized spacial score (nSPS) is 14.7. The Hall–Kier alpha value is -1.71. The summed E-state index contributed by atoms with van der Waals surface area (Å²) in [7, 11) is 3.31. The summed E-state index contributed by atoms with van der Waals surface area (Å²) in [5.41, 5.74) is 0. The smallest absolute Gasteiger partial charge is 0.239 e. The van der Waals surface area contributed by atoms with E-state index in [4.69, 9.17) is 9.47 Å². The van der Waals surface area contributed by atoms with Gasteiger partial charge in [-0.3, -0.25) is 9.79 Å². The third kappa shape index (κ3) is 9.16. The van der Waals surface area contributed by atoms with Gasteiger partial charge >= 0.3 is 0 Å². The zero-order chi connectivity index (χ0) is 18.6. The van der Waals surface area contributed by atoms with Gasteiger partial charge in [-0.2, -0.15) is 0 Å². The number of benzene rings is 1. The molecule has 1 aliphatic carbocycles. The highest BCUT2D eigenvalue weighted by molar-refractivity contribution is 14.0. The summed E-state index contributed by atoms with van der Waals surface area (Å²) in [4.78, 5) is 16.1. The van der Waals surface area contributed by atoms with Gasteiger partial charge in [-0.15, -0.1) is 24.0 Å². The summed E-state index contributed by atoms with van der Waals surface area (Å²) in [5.74, 6) is 2.17. The topological polar surface area (TPSA) is 84.0 Å². The number of rotatable bonds is 8. The number of hydrogen-bond donors (Lipinski definition) is 3. The van der Waals surface area contributed by atoms with Crippen LogP contribution in [-0.4, -0.2) is 51.8 Å². The average molecular weight is 490 g/mol. The fraction of sp³-hybridized carbons (Fsp3) is 0.579. The average Bonchev–Trinajstić information content (AvgIpc) is 2.68. The molecule has 7 nitrogen and oxygen atoms in total. The van der Waals surface area contributed by atoms with Gasteiger partial charge in [-0.1, -0.05) is 19.3 Å². The van der Waals surface area contributed by atoms with Gasteiger partial charge in [0, 0.05) is 13.1 Å². The number of guanidine groups is 1. The molecule has 0 saturated heterocycles. The molecule has 1 aromatic carbocycles. The number of aliphatic imine (C=N–C) groups is 1. The number of amides is 1. The number of nitrogens with zero attached hydrogens (tertiary/aromatic N) is 1. The van der Waals surface area contributed by atoms with Crippen molar-refractivity contribution in [3.8, 4) is 11.5 Å². The first kappa shape index (κ1) is 23.3. The minimum Gasteiger partial charge on any atom is -0.497 e. The van der Waals surface area contributed by atoms with E-state index in [1.165, 1.54) is 19.3 Å². The molecule has 0 spiro atoms. The molecular formula is C19H31IN4O3. The maximum absolute atomic E-state index is 12.0. The summed E-state index contributed by atoms with van der Waals surface area (Å²) < 4.78 is 10.8. The molecule has 1 fully saturated rings. The summed E-state index contributed by atoms with van der Waals surface area (Å²) in [6.45, 7) is 1.28. The number of ether oxygens (including phenoxy) is 2. The van der Waals surface area contributed by atoms with Gasteiger partial charge in [-0.05, 0) is 37.1 Å². The number of methoxy groups -OCH3 is 1. The molecule has 0 radical (unpaired) electrons. The second-order valence-electron chi connectivity index (χ2n) is 6.28. The van der Waals surface area contributed by atoms with Crippen LogP contribution in [0.2, 0.25) is 0 Å². The predicted octanol–water partition coefficient (Wildman–Crippen LogP) is 2.31. The van der Waals surface area contributed by atoms with E-state index in [2.05, 4.69) is 20.9 Å². The Kier molecular flexibility index (Phi) is 11.6. The molecule has 8 heteroatoms. The van der Waals surface area contributed by atoms with Crippen molar-refractivity contribution in [2.45, 2.75) is 38.1 Å². The summed E-state index contributed by atoms with van der Waals surface area (Å²) >= 11 is 0. The second-order valence-corrected chi connectivity index (χ2v) is 6.28. The van der Waals surface area contributed by atoms with Gasteiger partial charge in [0.05, 0.1) is 20.2 Å². The molecule has 1 amide bonds. The lowest BCUT2D eigenvalue weighted by molar-refractivity contribution is -0.120. The Bertz CT molecular complexity index is 575. The SMILES string of the molecule is CN=C(NCCOc1ccc(OC)cc1)NCC(=O)NC1CCCCC1.I. The number of hydrogen-bond acceptors (Lipinski definition) is 4. The number of nitrogens with one attached hydrogen (secondary N) is 3. The van der Waals surface area contributed by atoms with Crippen LogP contribution in [0.1, 0.15) is 32.1 Å². The molecule has 0 bridgehead atoms. The van der Waals surface area contributed by atoms with Gasteiger partial charge in [0.2, 0.25) is 5.91 Å². The standard InChI is InChI=1S/C19H30N4O3.HI/c1-20-19(22-14-18(24)23-15-6-4-3-5-7-15)21-12-13-26-17-10-8-16(25-2)9-11-17;/h8-11,15H,3-7,12-14H2,1-2H3,(H,23,24)(H2,20,21,22);1H. The van der Waals surface area contributed by atoms with Crippen LogP contribution in [-0.2, 0) is 4.79 Å². The maximum atomic E-state index is 12.0. The Balaban J connectivity index is 0.00000364. The van der Waals surface area contributed by atoms with E-state index in [-0.39, 0.29) is 36.4 Å². The van der Waals surface area contributed by atoms with E-state index in [0.717, 1.165) is 24.3 Å². The molecule has 152 valence electrons. The van der Waals surface area contributed by atoms with E-state index in [1.54, 1.807) is 14.2 Å². The van der Waals surface area contributed by atoms with Crippen LogP contribution in [0.4, 0.5) is 0 Å². The van der Waals surface area contributed by atoms with Crippen molar-refractivity contribution in [3.05, 3.63) is 24.3 Å². The van der Waals surface area contributed by atoms with Crippen molar-refractivity contribution in [2.24, 2.45) is 4.99 Å². The van der Waals surface area contributed by atoms with Gasteiger partial charge in [0.1, 0.15) is 18.1 Å². The molecule has 1 aromatic rings. The van der Waals surface area contributed by atoms with E-state index < -0.39 is 0 Å². The molecule has 1 saturated carbocycles. The number of carbonyl (C=O) groups excluding carboxylic acids is 1. The first-order chi connectivity index (χ1) is 12.7. The van der Waals surface area contributed by atoms with Gasteiger partial charge in [0.25, 0.3) is 0 Å². The quantitative estimate of drug-likeness (QED) is 0.226. The highest BCUT2D eigenvalue weighted by Gasteiger charge is 2.15. The van der Waals surface area contributed by atoms with Crippen LogP contribution in [0.5, 0.6) is 11.5 Å². The van der Waals surface area contributed by atoms with E-state index >= 15 is 0 Å². The molecule has 2 rings (SSSR count). The Labute approximate surface area is 178 Å². The number of carbonyl (C=O) groups is 1. The second kappa shape index (κ2) is 13.5. The van der Waals surface area contributed by atoms with Crippen molar-refractivity contribution in [2.75, 3.05) is 33.9 Å². The highest BCUT2D eigenvalue weighted by atomic mass is 127. The van der Waals surface area contributed by atoms with Crippen molar-refractivity contribution >= 4 is 35.8 Å². The minimum atomic E-state index is 0. The third-order valence-electron chi connectivity index (χ3n) is 4.33. The predicted molar refractivity (Wildman–Crippen MR) is 118 cm³/mol. The Morgan fingerprint density at radius 1 is 1.11 bits per heavy atom. The van der Waals surface area contributed by atoms with Crippen LogP contribution in [0.25, 0.3) is 0 Å². The minimum absolute atomic E-state index is 0. The molecule has 3 N–H and O–H groups in total. The van der Waals surface area contributed by atoms with Crippen LogP contribution in [0.15, 0.2) is 29.3 Å². The van der Waals surface area contributed by atoms with E-state index in [9.17, 15) is 4.79 Å². The van der Waals surface area contributed by atoms with E-state index in [0.29, 0.717) is 25.2 Å². The van der Waals surface area contributed by atoms with Gasteiger partial charge in [0.15, 0.2) is 5.96 Å². The first-order valence-corrected chi connectivity index (χ1v) is 9.22. The Morgan fingerprint density at radius 3 is 2.41 bits per heavy atom. The number of halogens is 1. The molecule has 0 aliphatic heterocycles. The lowest BCUT2D eigenvalue weighted by atomic mass is 9.95. The van der Waals surface area contributed by atoms with E-state index in [1.807, 2.05) is 24.3 Å². The highest BCUT2D eigenvalue weighted by Crippen LogP contribution is 2.17. The Morgan fingerprint density at radius 2 is 1.78 bits per heavy atom. The molecule has 27 heavy (non-hydrogen) atoms. The van der Waals surface area contributed by atoms with Gasteiger partial charge in [-0.25, -0.2) is 0 Å². The monoisotopic (exact) mass is 490 g/mol. The lowest BCUT2D eigenvalue weighted by Gasteiger charge is -2.23. The molecule has 0 atom stereocenters. The van der Waals surface area contributed by atoms with Crippen LogP contribution in [0, 0.1) is 0 Å². The zero-order valence-corrected chi connectivity index (χ0v) is 18.5. The third-order valence-corrected chi connectivity index (χ3v) is 4.33. The zero-order valence-electron chi connectivity index (χ0n) is 16.1. The molecule has 0 unspecified atom stereocenters. The lowest BCUT2D eigenvalue weighted by Crippen LogP contribution is -2.46.